The summed E-state index contributed by atoms with van der Waals surface area (Å²) >= 11 is 6.37. The van der Waals surface area contributed by atoms with E-state index in [1.165, 1.54) is 0 Å². The minimum atomic E-state index is -0.485. The van der Waals surface area contributed by atoms with Crippen molar-refractivity contribution < 1.29 is 19.1 Å². The first-order chi connectivity index (χ1) is 15.0. The summed E-state index contributed by atoms with van der Waals surface area (Å²) in [5.41, 5.74) is 1.86. The molecule has 1 unspecified atom stereocenters. The van der Waals surface area contributed by atoms with E-state index in [4.69, 9.17) is 16.3 Å². The van der Waals surface area contributed by atoms with E-state index in [2.05, 4.69) is 5.32 Å². The van der Waals surface area contributed by atoms with Crippen molar-refractivity contribution in [3.8, 4) is 5.75 Å². The number of anilines is 3. The molecule has 0 saturated carbocycles. The molecule has 2 saturated heterocycles. The molecule has 2 aromatic rings. The Morgan fingerprint density at radius 1 is 1.13 bits per heavy atom. The zero-order valence-electron chi connectivity index (χ0n) is 17.3. The predicted octanol–water partition coefficient (Wildman–Crippen LogP) is 3.86. The van der Waals surface area contributed by atoms with E-state index in [1.54, 1.807) is 28.0 Å². The monoisotopic (exact) mass is 441 g/mol. The molecule has 0 bridgehead atoms. The van der Waals surface area contributed by atoms with Gasteiger partial charge in [-0.25, -0.2) is 0 Å². The van der Waals surface area contributed by atoms with Gasteiger partial charge in [-0.15, -0.1) is 0 Å². The lowest BCUT2D eigenvalue weighted by molar-refractivity contribution is -0.122. The minimum Gasteiger partial charge on any atom is -0.492 e. The van der Waals surface area contributed by atoms with E-state index in [9.17, 15) is 14.4 Å². The number of rotatable bonds is 6. The molecule has 2 aliphatic rings. The van der Waals surface area contributed by atoms with Crippen LogP contribution in [0.5, 0.6) is 5.75 Å². The highest BCUT2D eigenvalue weighted by atomic mass is 35.5. The molecule has 2 aromatic carbocycles. The summed E-state index contributed by atoms with van der Waals surface area (Å²) in [6.07, 6.45) is 1.46. The van der Waals surface area contributed by atoms with Gasteiger partial charge >= 0.3 is 0 Å². The van der Waals surface area contributed by atoms with Gasteiger partial charge in [0.15, 0.2) is 0 Å². The van der Waals surface area contributed by atoms with Crippen molar-refractivity contribution in [1.29, 1.82) is 0 Å². The molecule has 162 valence electrons. The van der Waals surface area contributed by atoms with Crippen LogP contribution in [0, 0.1) is 5.92 Å². The first kappa shape index (κ1) is 21.2. The zero-order valence-corrected chi connectivity index (χ0v) is 18.0. The third-order valence-electron chi connectivity index (χ3n) is 5.53. The van der Waals surface area contributed by atoms with E-state index in [1.807, 2.05) is 31.2 Å². The van der Waals surface area contributed by atoms with Crippen LogP contribution in [0.3, 0.4) is 0 Å². The lowest BCUT2D eigenvalue weighted by atomic mass is 10.1. The summed E-state index contributed by atoms with van der Waals surface area (Å²) in [6, 6.07) is 12.4. The van der Waals surface area contributed by atoms with E-state index in [0.29, 0.717) is 47.4 Å². The van der Waals surface area contributed by atoms with Crippen LogP contribution in [0.25, 0.3) is 0 Å². The summed E-state index contributed by atoms with van der Waals surface area (Å²) in [5.74, 6) is -0.173. The van der Waals surface area contributed by atoms with Gasteiger partial charge < -0.3 is 19.9 Å². The second kappa shape index (κ2) is 8.98. The van der Waals surface area contributed by atoms with Gasteiger partial charge in [0.05, 0.1) is 28.9 Å². The number of hydrogen-bond acceptors (Lipinski definition) is 4. The summed E-state index contributed by atoms with van der Waals surface area (Å²) < 4.78 is 5.63. The van der Waals surface area contributed by atoms with Gasteiger partial charge in [-0.2, -0.15) is 0 Å². The Bertz CT molecular complexity index is 1030. The van der Waals surface area contributed by atoms with Crippen molar-refractivity contribution in [2.45, 2.75) is 26.2 Å². The highest BCUT2D eigenvalue weighted by Crippen LogP contribution is 2.34. The number of nitrogens with one attached hydrogen (secondary N) is 1. The molecule has 7 nitrogen and oxygen atoms in total. The molecule has 8 heteroatoms. The van der Waals surface area contributed by atoms with Crippen LogP contribution in [0.4, 0.5) is 17.1 Å². The molecule has 31 heavy (non-hydrogen) atoms. The molecule has 2 heterocycles. The first-order valence-corrected chi connectivity index (χ1v) is 10.8. The number of halogens is 1. The topological polar surface area (TPSA) is 79.0 Å². The molecule has 4 rings (SSSR count). The lowest BCUT2D eigenvalue weighted by Crippen LogP contribution is -2.28. The van der Waals surface area contributed by atoms with E-state index >= 15 is 0 Å². The van der Waals surface area contributed by atoms with Crippen LogP contribution in [0.1, 0.15) is 26.2 Å². The van der Waals surface area contributed by atoms with Crippen molar-refractivity contribution in [2.24, 2.45) is 5.92 Å². The van der Waals surface area contributed by atoms with Crippen LogP contribution in [0.2, 0.25) is 5.02 Å². The molecule has 0 spiro atoms. The SMILES string of the molecule is CCOc1ccccc1N1CC(C(=O)Nc2ccc(N3CCCC3=O)c(Cl)c2)CC1=O. The van der Waals surface area contributed by atoms with Gasteiger partial charge in [-0.05, 0) is 43.7 Å². The molecule has 1 N–H and O–H groups in total. The maximum Gasteiger partial charge on any atom is 0.229 e. The van der Waals surface area contributed by atoms with Crippen LogP contribution in [0.15, 0.2) is 42.5 Å². The van der Waals surface area contributed by atoms with Crippen LogP contribution in [-0.2, 0) is 14.4 Å². The Kier molecular flexibility index (Phi) is 6.13. The Balaban J connectivity index is 1.44. The van der Waals surface area contributed by atoms with Gasteiger partial charge in [-0.3, -0.25) is 14.4 Å². The van der Waals surface area contributed by atoms with Gasteiger partial charge in [0.25, 0.3) is 0 Å². The highest BCUT2D eigenvalue weighted by Gasteiger charge is 2.36. The number of carbonyl (C=O) groups is 3. The molecule has 2 aliphatic heterocycles. The molecule has 1 atom stereocenters. The van der Waals surface area contributed by atoms with Crippen LogP contribution in [-0.4, -0.2) is 37.4 Å². The summed E-state index contributed by atoms with van der Waals surface area (Å²) in [6.45, 7) is 3.30. The molecule has 0 radical (unpaired) electrons. The second-order valence-electron chi connectivity index (χ2n) is 7.61. The number of para-hydroxylation sites is 2. The molecule has 0 aromatic heterocycles. The molecule has 3 amide bonds. The Morgan fingerprint density at radius 2 is 1.94 bits per heavy atom. The van der Waals surface area contributed by atoms with Gasteiger partial charge in [0, 0.05) is 31.6 Å². The lowest BCUT2D eigenvalue weighted by Gasteiger charge is -2.20. The average molecular weight is 442 g/mol. The molecule has 2 fully saturated rings. The maximum absolute atomic E-state index is 12.8. The fraction of sp³-hybridized carbons (Fsp3) is 0.348. The number of carbonyl (C=O) groups excluding carboxylic acids is 3. The Hall–Kier alpha value is -3.06. The summed E-state index contributed by atoms with van der Waals surface area (Å²) in [5, 5.41) is 3.25. The molecular weight excluding hydrogens is 418 g/mol. The average Bonchev–Trinajstić information content (AvgIpc) is 3.34. The largest absolute Gasteiger partial charge is 0.492 e. The number of nitrogens with zero attached hydrogens (tertiary/aromatic N) is 2. The number of benzene rings is 2. The smallest absolute Gasteiger partial charge is 0.229 e. The van der Waals surface area contributed by atoms with Crippen molar-refractivity contribution in [2.75, 3.05) is 34.8 Å². The van der Waals surface area contributed by atoms with E-state index in [-0.39, 0.29) is 30.7 Å². The Morgan fingerprint density at radius 3 is 2.65 bits per heavy atom. The third-order valence-corrected chi connectivity index (χ3v) is 5.83. The van der Waals surface area contributed by atoms with Crippen molar-refractivity contribution in [3.05, 3.63) is 47.5 Å². The third kappa shape index (κ3) is 4.37. The Labute approximate surface area is 185 Å². The standard InChI is InChI=1S/C23H24ClN3O4/c1-2-31-20-7-4-3-6-19(20)27-14-15(12-22(27)29)23(30)25-16-9-10-18(17(24)13-16)26-11-5-8-21(26)28/h3-4,6-7,9-10,13,15H,2,5,8,11-12,14H2,1H3,(H,25,30). The minimum absolute atomic E-state index is 0.0515. The maximum atomic E-state index is 12.8. The van der Waals surface area contributed by atoms with Crippen LogP contribution >= 0.6 is 11.6 Å². The van der Waals surface area contributed by atoms with Gasteiger partial charge in [0.2, 0.25) is 17.7 Å². The quantitative estimate of drug-likeness (QED) is 0.738. The number of ether oxygens (including phenoxy) is 1. The first-order valence-electron chi connectivity index (χ1n) is 10.4. The van der Waals surface area contributed by atoms with Crippen molar-refractivity contribution in [1.82, 2.24) is 0 Å². The van der Waals surface area contributed by atoms with E-state index in [0.717, 1.165) is 6.42 Å². The van der Waals surface area contributed by atoms with Crippen LogP contribution < -0.4 is 19.9 Å². The predicted molar refractivity (Wildman–Crippen MR) is 120 cm³/mol. The fourth-order valence-corrected chi connectivity index (χ4v) is 4.31. The fourth-order valence-electron chi connectivity index (χ4n) is 4.02. The molecular formula is C23H24ClN3O4. The normalized spacial score (nSPS) is 18.6. The summed E-state index contributed by atoms with van der Waals surface area (Å²) in [4.78, 5) is 40.7. The van der Waals surface area contributed by atoms with Gasteiger partial charge in [-0.1, -0.05) is 23.7 Å². The van der Waals surface area contributed by atoms with E-state index < -0.39 is 5.92 Å². The van der Waals surface area contributed by atoms with Crippen molar-refractivity contribution >= 4 is 46.4 Å². The molecule has 0 aliphatic carbocycles. The summed E-state index contributed by atoms with van der Waals surface area (Å²) in [7, 11) is 0. The zero-order chi connectivity index (χ0) is 22.0. The van der Waals surface area contributed by atoms with Gasteiger partial charge in [0.1, 0.15) is 5.75 Å². The number of amides is 3. The number of hydrogen-bond donors (Lipinski definition) is 1. The second-order valence-corrected chi connectivity index (χ2v) is 8.02. The highest BCUT2D eigenvalue weighted by molar-refractivity contribution is 6.34. The van der Waals surface area contributed by atoms with Crippen molar-refractivity contribution in [3.63, 3.8) is 0 Å².